The molecule has 116 valence electrons. The van der Waals surface area contributed by atoms with Crippen LogP contribution in [0.1, 0.15) is 26.6 Å². The molecule has 1 amide bonds. The molecule has 0 radical (unpaired) electrons. The number of nitrogens with zero attached hydrogens (tertiary/aromatic N) is 3. The van der Waals surface area contributed by atoms with Crippen molar-refractivity contribution in [1.82, 2.24) is 14.8 Å². The van der Waals surface area contributed by atoms with Crippen molar-refractivity contribution in [2.45, 2.75) is 20.4 Å². The molecule has 4 nitrogen and oxygen atoms in total. The number of thiazole rings is 1. The Kier molecular flexibility index (Phi) is 4.55. The van der Waals surface area contributed by atoms with Crippen molar-refractivity contribution in [2.24, 2.45) is 0 Å². The maximum absolute atomic E-state index is 12.6. The van der Waals surface area contributed by atoms with E-state index in [2.05, 4.69) is 15.3 Å². The molecule has 2 aromatic rings. The Labute approximate surface area is 135 Å². The maximum Gasteiger partial charge on any atom is 0.254 e. The van der Waals surface area contributed by atoms with Gasteiger partial charge in [-0.2, -0.15) is 0 Å². The first kappa shape index (κ1) is 15.2. The number of hydrogen-bond donors (Lipinski definition) is 0. The molecule has 0 spiro atoms. The Balaban J connectivity index is 1.57. The van der Waals surface area contributed by atoms with Gasteiger partial charge in [0, 0.05) is 43.7 Å². The summed E-state index contributed by atoms with van der Waals surface area (Å²) in [5, 5.41) is 3.24. The zero-order valence-corrected chi connectivity index (χ0v) is 13.9. The van der Waals surface area contributed by atoms with Gasteiger partial charge in [0.15, 0.2) is 0 Å². The first-order valence-electron chi connectivity index (χ1n) is 7.62. The molecule has 0 saturated carbocycles. The predicted octanol–water partition coefficient (Wildman–Crippen LogP) is 2.72. The molecular formula is C17H21N3OS. The van der Waals surface area contributed by atoms with Gasteiger partial charge < -0.3 is 4.90 Å². The van der Waals surface area contributed by atoms with Gasteiger partial charge in [0.25, 0.3) is 5.91 Å². The van der Waals surface area contributed by atoms with Crippen molar-refractivity contribution >= 4 is 17.2 Å². The van der Waals surface area contributed by atoms with E-state index in [0.717, 1.165) is 54.6 Å². The summed E-state index contributed by atoms with van der Waals surface area (Å²) in [6, 6.07) is 7.82. The van der Waals surface area contributed by atoms with Gasteiger partial charge in [0.1, 0.15) is 0 Å². The summed E-state index contributed by atoms with van der Waals surface area (Å²) in [6.07, 6.45) is 0. The van der Waals surface area contributed by atoms with Gasteiger partial charge in [-0.25, -0.2) is 4.98 Å². The summed E-state index contributed by atoms with van der Waals surface area (Å²) in [5.74, 6) is 0.155. The highest BCUT2D eigenvalue weighted by Gasteiger charge is 2.23. The van der Waals surface area contributed by atoms with E-state index in [4.69, 9.17) is 0 Å². The van der Waals surface area contributed by atoms with E-state index in [1.54, 1.807) is 11.3 Å². The van der Waals surface area contributed by atoms with Gasteiger partial charge in [0.2, 0.25) is 0 Å². The fourth-order valence-electron chi connectivity index (χ4n) is 2.80. The normalized spacial score (nSPS) is 16.0. The van der Waals surface area contributed by atoms with Crippen LogP contribution < -0.4 is 0 Å². The third-order valence-electron chi connectivity index (χ3n) is 4.09. The summed E-state index contributed by atoms with van der Waals surface area (Å²) in [5.41, 5.74) is 3.01. The monoisotopic (exact) mass is 315 g/mol. The fraction of sp³-hybridized carbons (Fsp3) is 0.412. The van der Waals surface area contributed by atoms with Crippen LogP contribution in [0.5, 0.6) is 0 Å². The zero-order valence-electron chi connectivity index (χ0n) is 13.1. The molecule has 0 atom stereocenters. The number of carbonyl (C=O) groups is 1. The number of aryl methyl sites for hydroxylation is 2. The summed E-state index contributed by atoms with van der Waals surface area (Å²) < 4.78 is 0. The van der Waals surface area contributed by atoms with Crippen LogP contribution in [-0.4, -0.2) is 46.9 Å². The van der Waals surface area contributed by atoms with Crippen molar-refractivity contribution in [3.63, 3.8) is 0 Å². The van der Waals surface area contributed by atoms with Gasteiger partial charge >= 0.3 is 0 Å². The molecule has 0 N–H and O–H groups in total. The van der Waals surface area contributed by atoms with Crippen LogP contribution in [0.4, 0.5) is 0 Å². The molecule has 0 unspecified atom stereocenters. The Bertz CT molecular complexity index is 659. The number of piperazine rings is 1. The van der Waals surface area contributed by atoms with Crippen molar-refractivity contribution in [1.29, 1.82) is 0 Å². The number of carbonyl (C=O) groups excluding carboxylic acids is 1. The lowest BCUT2D eigenvalue weighted by molar-refractivity contribution is 0.0626. The molecule has 1 aliphatic rings. The largest absolute Gasteiger partial charge is 0.336 e. The third kappa shape index (κ3) is 3.36. The van der Waals surface area contributed by atoms with Crippen LogP contribution in [0, 0.1) is 13.8 Å². The van der Waals surface area contributed by atoms with Crippen molar-refractivity contribution in [3.8, 4) is 0 Å². The average molecular weight is 315 g/mol. The molecule has 22 heavy (non-hydrogen) atoms. The van der Waals surface area contributed by atoms with Gasteiger partial charge in [-0.1, -0.05) is 18.2 Å². The number of amides is 1. The lowest BCUT2D eigenvalue weighted by Crippen LogP contribution is -2.48. The Morgan fingerprint density at radius 3 is 2.55 bits per heavy atom. The van der Waals surface area contributed by atoms with Crippen LogP contribution in [0.2, 0.25) is 0 Å². The van der Waals surface area contributed by atoms with E-state index < -0.39 is 0 Å². The number of aromatic nitrogens is 1. The minimum Gasteiger partial charge on any atom is -0.336 e. The molecule has 0 bridgehead atoms. The molecule has 1 fully saturated rings. The first-order chi connectivity index (χ1) is 10.6. The van der Waals surface area contributed by atoms with E-state index in [9.17, 15) is 4.79 Å². The summed E-state index contributed by atoms with van der Waals surface area (Å²) in [4.78, 5) is 21.4. The van der Waals surface area contributed by atoms with Crippen LogP contribution in [0.25, 0.3) is 0 Å². The van der Waals surface area contributed by atoms with Crippen LogP contribution in [0.15, 0.2) is 29.6 Å². The molecular weight excluding hydrogens is 294 g/mol. The third-order valence-corrected chi connectivity index (χ3v) is 4.91. The van der Waals surface area contributed by atoms with E-state index in [0.29, 0.717) is 0 Å². The number of hydrogen-bond acceptors (Lipinski definition) is 4. The topological polar surface area (TPSA) is 36.4 Å². The SMILES string of the molecule is Cc1nc(CN2CCN(C(=O)c3ccccc3C)CC2)cs1. The minimum absolute atomic E-state index is 0.155. The minimum atomic E-state index is 0.155. The van der Waals surface area contributed by atoms with Crippen LogP contribution in [-0.2, 0) is 6.54 Å². The molecule has 1 aromatic heterocycles. The predicted molar refractivity (Wildman–Crippen MR) is 89.2 cm³/mol. The maximum atomic E-state index is 12.6. The second kappa shape index (κ2) is 6.58. The standard InChI is InChI=1S/C17H21N3OS/c1-13-5-3-4-6-16(13)17(21)20-9-7-19(8-10-20)11-15-12-22-14(2)18-15/h3-6,12H,7-11H2,1-2H3. The van der Waals surface area contributed by atoms with E-state index in [1.165, 1.54) is 0 Å². The van der Waals surface area contributed by atoms with Gasteiger partial charge in [0.05, 0.1) is 10.7 Å². The van der Waals surface area contributed by atoms with Gasteiger partial charge in [-0.05, 0) is 25.5 Å². The molecule has 1 aromatic carbocycles. The fourth-order valence-corrected chi connectivity index (χ4v) is 3.41. The Hall–Kier alpha value is -1.72. The van der Waals surface area contributed by atoms with Gasteiger partial charge in [-0.3, -0.25) is 9.69 Å². The highest BCUT2D eigenvalue weighted by atomic mass is 32.1. The van der Waals surface area contributed by atoms with Crippen molar-refractivity contribution in [3.05, 3.63) is 51.5 Å². The molecule has 0 aliphatic carbocycles. The first-order valence-corrected chi connectivity index (χ1v) is 8.50. The van der Waals surface area contributed by atoms with E-state index in [-0.39, 0.29) is 5.91 Å². The summed E-state index contributed by atoms with van der Waals surface area (Å²) >= 11 is 1.69. The van der Waals surface area contributed by atoms with E-state index >= 15 is 0 Å². The second-order valence-corrected chi connectivity index (χ2v) is 6.80. The van der Waals surface area contributed by atoms with Crippen LogP contribution >= 0.6 is 11.3 Å². The number of rotatable bonds is 3. The number of benzene rings is 1. The molecule has 3 rings (SSSR count). The Morgan fingerprint density at radius 2 is 1.91 bits per heavy atom. The van der Waals surface area contributed by atoms with Crippen molar-refractivity contribution < 1.29 is 4.79 Å². The highest BCUT2D eigenvalue weighted by Crippen LogP contribution is 2.15. The van der Waals surface area contributed by atoms with Crippen LogP contribution in [0.3, 0.4) is 0 Å². The Morgan fingerprint density at radius 1 is 1.18 bits per heavy atom. The smallest absolute Gasteiger partial charge is 0.254 e. The highest BCUT2D eigenvalue weighted by molar-refractivity contribution is 7.09. The molecule has 5 heteroatoms. The summed E-state index contributed by atoms with van der Waals surface area (Å²) in [7, 11) is 0. The lowest BCUT2D eigenvalue weighted by atomic mass is 10.1. The second-order valence-electron chi connectivity index (χ2n) is 5.74. The lowest BCUT2D eigenvalue weighted by Gasteiger charge is -2.34. The van der Waals surface area contributed by atoms with E-state index in [1.807, 2.05) is 43.0 Å². The molecule has 2 heterocycles. The summed E-state index contributed by atoms with van der Waals surface area (Å²) in [6.45, 7) is 8.31. The zero-order chi connectivity index (χ0) is 15.5. The average Bonchev–Trinajstić information content (AvgIpc) is 2.93. The quantitative estimate of drug-likeness (QED) is 0.874. The molecule has 1 aliphatic heterocycles. The molecule has 1 saturated heterocycles. The van der Waals surface area contributed by atoms with Crippen molar-refractivity contribution in [2.75, 3.05) is 26.2 Å². The van der Waals surface area contributed by atoms with Gasteiger partial charge in [-0.15, -0.1) is 11.3 Å².